The molecule has 0 saturated carbocycles. The van der Waals surface area contributed by atoms with Crippen molar-refractivity contribution in [1.82, 2.24) is 0 Å². The standard InChI is InChI=1S/2C19H19N3.2F6P.Hg/c2*1-2-3-12-21-15-22(19-11-7-6-10-18(19)21)14-17-9-5-4-8-16(17)13-20;2*1-7(2,3,4,5)6;/h2*4-11H,2-3,12,14H2,1H3;;;/q;;2*-1;+2. The summed E-state index contributed by atoms with van der Waals surface area (Å²) in [6, 6.07) is 36.8. The molecule has 21 heteroatoms. The molecule has 0 fully saturated rings. The van der Waals surface area contributed by atoms with Gasteiger partial charge in [-0.1, -0.05) is 87.4 Å². The minimum absolute atomic E-state index is 0. The van der Waals surface area contributed by atoms with Gasteiger partial charge in [0, 0.05) is 26.2 Å². The van der Waals surface area contributed by atoms with Gasteiger partial charge in [0.2, 0.25) is 13.3 Å². The van der Waals surface area contributed by atoms with Crippen LogP contribution in [0.3, 0.4) is 0 Å². The van der Waals surface area contributed by atoms with Crippen molar-refractivity contribution in [2.45, 2.75) is 52.6 Å². The molecule has 4 aromatic carbocycles. The second-order valence-corrected chi connectivity index (χ2v) is 16.6. The molecule has 2 aliphatic rings. The second kappa shape index (κ2) is 18.7. The predicted molar refractivity (Wildman–Crippen MR) is 206 cm³/mol. The van der Waals surface area contributed by atoms with E-state index in [1.807, 2.05) is 60.7 Å². The third-order valence-electron chi connectivity index (χ3n) is 7.81. The maximum absolute atomic E-state index is 10.7. The number of fused-ring (bicyclic) bond motifs is 2. The van der Waals surface area contributed by atoms with E-state index in [1.54, 1.807) is 0 Å². The van der Waals surface area contributed by atoms with Gasteiger partial charge < -0.3 is 19.6 Å². The van der Waals surface area contributed by atoms with Crippen LogP contribution < -0.4 is 19.6 Å². The Bertz CT molecular complexity index is 1920. The third kappa shape index (κ3) is 20.7. The number of hydrogen-bond donors (Lipinski definition) is 0. The summed E-state index contributed by atoms with van der Waals surface area (Å²) < 4.78 is 118. The Morgan fingerprint density at radius 3 is 0.983 bits per heavy atom. The van der Waals surface area contributed by atoms with Crippen molar-refractivity contribution in [2.75, 3.05) is 32.7 Å². The first-order valence-corrected chi connectivity index (χ1v) is 21.5. The Hall–Kier alpha value is -3.98. The summed E-state index contributed by atoms with van der Waals surface area (Å²) in [5.74, 6) is 0. The number of rotatable bonds is 10. The van der Waals surface area contributed by atoms with E-state index in [0.29, 0.717) is 13.1 Å². The van der Waals surface area contributed by atoms with Gasteiger partial charge in [-0.3, -0.25) is 0 Å². The molecule has 0 bridgehead atoms. The third-order valence-corrected chi connectivity index (χ3v) is 7.81. The molecule has 0 saturated heterocycles. The molecule has 0 aliphatic carbocycles. The molecular formula is C38H38F12HgN6P2. The van der Waals surface area contributed by atoms with Gasteiger partial charge >= 0.3 is 93.6 Å². The number of hydrogen-bond acceptors (Lipinski definition) is 6. The van der Waals surface area contributed by atoms with Crippen LogP contribution in [0.4, 0.5) is 73.1 Å². The average Bonchev–Trinajstić information content (AvgIpc) is 3.65. The summed E-state index contributed by atoms with van der Waals surface area (Å²) in [6.45, 7) is 14.6. The van der Waals surface area contributed by atoms with Crippen LogP contribution in [-0.4, -0.2) is 13.1 Å². The summed E-state index contributed by atoms with van der Waals surface area (Å²) >= 11 is 0. The predicted octanol–water partition coefficient (Wildman–Crippen LogP) is 15.1. The molecule has 2 heterocycles. The number of nitrogens with zero attached hydrogens (tertiary/aromatic N) is 6. The Balaban J connectivity index is 0.000000306. The maximum Gasteiger partial charge on any atom is 2.00 e. The maximum atomic E-state index is 9.87. The van der Waals surface area contributed by atoms with E-state index < -0.39 is 15.6 Å². The van der Waals surface area contributed by atoms with Crippen molar-refractivity contribution in [3.8, 4) is 12.1 Å². The van der Waals surface area contributed by atoms with Crippen LogP contribution in [0.15, 0.2) is 97.1 Å². The smallest absolute Gasteiger partial charge is 2.00 e. The van der Waals surface area contributed by atoms with Gasteiger partial charge in [0.05, 0.1) is 46.0 Å². The van der Waals surface area contributed by atoms with Crippen LogP contribution in [0.1, 0.15) is 61.8 Å². The fraction of sp³-hybridized carbons (Fsp3) is 0.263. The summed E-state index contributed by atoms with van der Waals surface area (Å²) in [7, 11) is -21.3. The van der Waals surface area contributed by atoms with E-state index in [-0.39, 0.29) is 27.7 Å². The quantitative estimate of drug-likeness (QED) is 0.0896. The Kier molecular flexibility index (Phi) is 16.2. The monoisotopic (exact) mass is 1070 g/mol. The first kappa shape index (κ1) is 51.2. The number of nitriles is 2. The number of anilines is 4. The zero-order valence-corrected chi connectivity index (χ0v) is 39.0. The molecule has 2 aliphatic heterocycles. The number of benzene rings is 4. The molecule has 4 aromatic rings. The topological polar surface area (TPSA) is 60.5 Å². The van der Waals surface area contributed by atoms with Crippen molar-refractivity contribution < 1.29 is 78.0 Å². The van der Waals surface area contributed by atoms with E-state index in [1.165, 1.54) is 11.4 Å². The number of unbranched alkanes of at least 4 members (excludes halogenated alkanes) is 2. The zero-order valence-electron chi connectivity index (χ0n) is 31.7. The normalized spacial score (nSPS) is 15.3. The molecule has 0 amide bonds. The molecule has 59 heavy (non-hydrogen) atoms. The molecule has 0 unspecified atom stereocenters. The van der Waals surface area contributed by atoms with Crippen LogP contribution in [0.2, 0.25) is 0 Å². The summed E-state index contributed by atoms with van der Waals surface area (Å²) in [4.78, 5) is 8.60. The molecule has 0 atom stereocenters. The van der Waals surface area contributed by atoms with Gasteiger partial charge in [-0.05, 0) is 60.4 Å². The Morgan fingerprint density at radius 2 is 0.712 bits per heavy atom. The van der Waals surface area contributed by atoms with E-state index in [0.717, 1.165) is 72.4 Å². The van der Waals surface area contributed by atoms with Crippen LogP contribution in [0, 0.1) is 36.0 Å². The second-order valence-electron chi connectivity index (χ2n) is 12.8. The van der Waals surface area contributed by atoms with Crippen LogP contribution >= 0.6 is 15.6 Å². The molecule has 0 aromatic heterocycles. The molecule has 4 radical (unpaired) electrons. The van der Waals surface area contributed by atoms with Crippen molar-refractivity contribution in [1.29, 1.82) is 10.5 Å². The number of para-hydroxylation sites is 4. The summed E-state index contributed by atoms with van der Waals surface area (Å²) in [6.07, 6.45) is 4.61. The van der Waals surface area contributed by atoms with E-state index >= 15 is 0 Å². The fourth-order valence-corrected chi connectivity index (χ4v) is 5.44. The van der Waals surface area contributed by atoms with Gasteiger partial charge in [0.1, 0.15) is 0 Å². The van der Waals surface area contributed by atoms with Gasteiger partial charge in [-0.25, -0.2) is 0 Å². The molecule has 0 spiro atoms. The molecule has 6 rings (SSSR count). The minimum Gasteiger partial charge on any atom is 2.00 e. The number of halogens is 12. The van der Waals surface area contributed by atoms with Crippen molar-refractivity contribution in [3.63, 3.8) is 0 Å². The van der Waals surface area contributed by atoms with Gasteiger partial charge in [0.25, 0.3) is 0 Å². The summed E-state index contributed by atoms with van der Waals surface area (Å²) in [5, 5.41) is 18.5. The van der Waals surface area contributed by atoms with Crippen LogP contribution in [-0.2, 0) is 40.8 Å². The zero-order chi connectivity index (χ0) is 43.5. The van der Waals surface area contributed by atoms with Crippen molar-refractivity contribution >= 4 is 38.4 Å². The van der Waals surface area contributed by atoms with Gasteiger partial charge in [0.15, 0.2) is 0 Å². The van der Waals surface area contributed by atoms with Crippen LogP contribution in [0.5, 0.6) is 0 Å². The molecule has 316 valence electrons. The largest absolute Gasteiger partial charge is 2.00 e. The Morgan fingerprint density at radius 1 is 0.458 bits per heavy atom. The average molecular weight is 1070 g/mol. The molecule has 0 N–H and O–H groups in total. The first-order chi connectivity index (χ1) is 26.6. The van der Waals surface area contributed by atoms with Crippen LogP contribution in [0.25, 0.3) is 0 Å². The van der Waals surface area contributed by atoms with E-state index in [2.05, 4.69) is 95.3 Å². The Labute approximate surface area is 355 Å². The van der Waals surface area contributed by atoms with Gasteiger partial charge in [-0.2, -0.15) is 10.5 Å². The first-order valence-electron chi connectivity index (χ1n) is 17.5. The summed E-state index contributed by atoms with van der Waals surface area (Å²) in [5.41, 5.74) is 8.24. The minimum atomic E-state index is -10.7. The van der Waals surface area contributed by atoms with E-state index in [9.17, 15) is 60.9 Å². The van der Waals surface area contributed by atoms with Crippen molar-refractivity contribution in [2.24, 2.45) is 0 Å². The fourth-order valence-electron chi connectivity index (χ4n) is 5.44. The SMILES string of the molecule is CCCCN1[C]N(Cc2ccccc2C#N)c2ccccc21.CCCCN1[C]N(Cc2ccccc2C#N)c2ccccc21.F[P-](F)(F)(F)(F)F.F[P-](F)(F)(F)(F)F.[Hg+2]. The van der Waals surface area contributed by atoms with Gasteiger partial charge in [-0.15, -0.1) is 0 Å². The molecular weight excluding hydrogens is 1030 g/mol. The van der Waals surface area contributed by atoms with E-state index in [4.69, 9.17) is 0 Å². The molecule has 6 nitrogen and oxygen atoms in total. The van der Waals surface area contributed by atoms with Crippen molar-refractivity contribution in [3.05, 3.63) is 133 Å².